The van der Waals surface area contributed by atoms with Crippen molar-refractivity contribution in [2.75, 3.05) is 5.75 Å². The SMILES string of the molecule is CCC(CC)NC(=O)CSc1nc2ccccc2c(=O)n1Cc1ccccc1. The van der Waals surface area contributed by atoms with Gasteiger partial charge in [0.25, 0.3) is 5.56 Å². The van der Waals surface area contributed by atoms with Crippen LogP contribution in [-0.2, 0) is 11.3 Å². The van der Waals surface area contributed by atoms with E-state index in [9.17, 15) is 9.59 Å². The molecule has 146 valence electrons. The predicted molar refractivity (Wildman–Crippen MR) is 115 cm³/mol. The highest BCUT2D eigenvalue weighted by Gasteiger charge is 2.15. The minimum absolute atomic E-state index is 0.0348. The van der Waals surface area contributed by atoms with Gasteiger partial charge in [-0.3, -0.25) is 14.2 Å². The number of thioether (sulfide) groups is 1. The maximum atomic E-state index is 13.1. The molecule has 0 aliphatic rings. The van der Waals surface area contributed by atoms with Gasteiger partial charge in [-0.15, -0.1) is 0 Å². The van der Waals surface area contributed by atoms with Crippen molar-refractivity contribution in [1.82, 2.24) is 14.9 Å². The largest absolute Gasteiger partial charge is 0.353 e. The zero-order valence-electron chi connectivity index (χ0n) is 16.2. The van der Waals surface area contributed by atoms with Crippen molar-refractivity contribution in [2.24, 2.45) is 0 Å². The molecule has 6 heteroatoms. The summed E-state index contributed by atoms with van der Waals surface area (Å²) < 4.78 is 1.66. The van der Waals surface area contributed by atoms with Crippen LogP contribution < -0.4 is 10.9 Å². The first-order valence-corrected chi connectivity index (χ1v) is 10.6. The Labute approximate surface area is 169 Å². The van der Waals surface area contributed by atoms with Gasteiger partial charge in [0, 0.05) is 6.04 Å². The van der Waals surface area contributed by atoms with Crippen molar-refractivity contribution in [3.05, 3.63) is 70.5 Å². The third kappa shape index (κ3) is 4.81. The first-order chi connectivity index (χ1) is 13.6. The molecule has 3 aromatic rings. The lowest BCUT2D eigenvalue weighted by molar-refractivity contribution is -0.119. The number of nitrogens with one attached hydrogen (secondary N) is 1. The molecule has 0 fully saturated rings. The molecule has 5 nitrogen and oxygen atoms in total. The molecular weight excluding hydrogens is 370 g/mol. The fraction of sp³-hybridized carbons (Fsp3) is 0.318. The molecule has 28 heavy (non-hydrogen) atoms. The summed E-state index contributed by atoms with van der Waals surface area (Å²) in [4.78, 5) is 30.1. The molecule has 0 spiro atoms. The Morgan fingerprint density at radius 3 is 2.46 bits per heavy atom. The number of amides is 1. The van der Waals surface area contributed by atoms with Gasteiger partial charge in [-0.05, 0) is 30.5 Å². The second-order valence-electron chi connectivity index (χ2n) is 6.66. The molecule has 0 atom stereocenters. The standard InChI is InChI=1S/C22H25N3O2S/c1-3-17(4-2)23-20(26)15-28-22-24-19-13-9-8-12-18(19)21(27)25(22)14-16-10-6-5-7-11-16/h5-13,17H,3-4,14-15H2,1-2H3,(H,23,26). The van der Waals surface area contributed by atoms with E-state index in [0.717, 1.165) is 18.4 Å². The highest BCUT2D eigenvalue weighted by molar-refractivity contribution is 7.99. The Kier molecular flexibility index (Phi) is 6.87. The third-order valence-corrected chi connectivity index (χ3v) is 5.67. The van der Waals surface area contributed by atoms with E-state index in [0.29, 0.717) is 22.6 Å². The lowest BCUT2D eigenvalue weighted by Crippen LogP contribution is -2.35. The van der Waals surface area contributed by atoms with Gasteiger partial charge in [0.1, 0.15) is 0 Å². The Hall–Kier alpha value is -2.60. The summed E-state index contributed by atoms with van der Waals surface area (Å²) in [5, 5.41) is 4.18. The van der Waals surface area contributed by atoms with Crippen LogP contribution in [0, 0.1) is 0 Å². The Morgan fingerprint density at radius 2 is 1.75 bits per heavy atom. The van der Waals surface area contributed by atoms with Crippen LogP contribution >= 0.6 is 11.8 Å². The van der Waals surface area contributed by atoms with E-state index in [1.54, 1.807) is 10.6 Å². The lowest BCUT2D eigenvalue weighted by Gasteiger charge is -2.16. The van der Waals surface area contributed by atoms with Crippen molar-refractivity contribution in [3.8, 4) is 0 Å². The van der Waals surface area contributed by atoms with Crippen LogP contribution in [0.2, 0.25) is 0 Å². The number of carbonyl (C=O) groups excluding carboxylic acids is 1. The number of hydrogen-bond acceptors (Lipinski definition) is 4. The van der Waals surface area contributed by atoms with Gasteiger partial charge in [-0.25, -0.2) is 4.98 Å². The number of nitrogens with zero attached hydrogens (tertiary/aromatic N) is 2. The molecule has 0 saturated heterocycles. The smallest absolute Gasteiger partial charge is 0.262 e. The van der Waals surface area contributed by atoms with Gasteiger partial charge in [0.2, 0.25) is 5.91 Å². The van der Waals surface area contributed by atoms with E-state index in [1.807, 2.05) is 48.5 Å². The predicted octanol–water partition coefficient (Wildman–Crippen LogP) is 3.84. The van der Waals surface area contributed by atoms with Crippen molar-refractivity contribution in [2.45, 2.75) is 44.4 Å². The van der Waals surface area contributed by atoms with Crippen LogP contribution in [0.3, 0.4) is 0 Å². The van der Waals surface area contributed by atoms with Gasteiger partial charge < -0.3 is 5.32 Å². The van der Waals surface area contributed by atoms with Gasteiger partial charge in [0.15, 0.2) is 5.16 Å². The van der Waals surface area contributed by atoms with E-state index < -0.39 is 0 Å². The first kappa shape index (κ1) is 20.1. The number of aromatic nitrogens is 2. The maximum Gasteiger partial charge on any atom is 0.262 e. The monoisotopic (exact) mass is 395 g/mol. The van der Waals surface area contributed by atoms with Crippen LogP contribution in [0.5, 0.6) is 0 Å². The highest BCUT2D eigenvalue weighted by atomic mass is 32.2. The fourth-order valence-electron chi connectivity index (χ4n) is 3.06. The highest BCUT2D eigenvalue weighted by Crippen LogP contribution is 2.19. The Bertz CT molecular complexity index is 998. The van der Waals surface area contributed by atoms with Crippen LogP contribution in [0.1, 0.15) is 32.3 Å². The average Bonchev–Trinajstić information content (AvgIpc) is 2.73. The zero-order valence-corrected chi connectivity index (χ0v) is 17.0. The van der Waals surface area contributed by atoms with Crippen LogP contribution in [0.25, 0.3) is 10.9 Å². The molecular formula is C22H25N3O2S. The summed E-state index contributed by atoms with van der Waals surface area (Å²) in [6, 6.07) is 17.3. The second kappa shape index (κ2) is 9.55. The summed E-state index contributed by atoms with van der Waals surface area (Å²) in [5.41, 5.74) is 1.59. The third-order valence-electron chi connectivity index (χ3n) is 4.69. The molecule has 1 aromatic heterocycles. The number of benzene rings is 2. The zero-order chi connectivity index (χ0) is 19.9. The van der Waals surface area contributed by atoms with Crippen molar-refractivity contribution >= 4 is 28.6 Å². The summed E-state index contributed by atoms with van der Waals surface area (Å²) >= 11 is 1.31. The number of carbonyl (C=O) groups is 1. The van der Waals surface area contributed by atoms with Gasteiger partial charge in [-0.2, -0.15) is 0 Å². The second-order valence-corrected chi connectivity index (χ2v) is 7.60. The quantitative estimate of drug-likeness (QED) is 0.465. The normalized spacial score (nSPS) is 11.1. The Balaban J connectivity index is 1.90. The summed E-state index contributed by atoms with van der Waals surface area (Å²) in [6.07, 6.45) is 1.81. The average molecular weight is 396 g/mol. The molecule has 0 aliphatic heterocycles. The van der Waals surface area contributed by atoms with E-state index in [-0.39, 0.29) is 23.3 Å². The molecule has 2 aromatic carbocycles. The molecule has 1 N–H and O–H groups in total. The van der Waals surface area contributed by atoms with Gasteiger partial charge >= 0.3 is 0 Å². The minimum Gasteiger partial charge on any atom is -0.353 e. The lowest BCUT2D eigenvalue weighted by atomic mass is 10.2. The van der Waals surface area contributed by atoms with Crippen molar-refractivity contribution in [3.63, 3.8) is 0 Å². The van der Waals surface area contributed by atoms with E-state index in [1.165, 1.54) is 11.8 Å². The van der Waals surface area contributed by atoms with Gasteiger partial charge in [-0.1, -0.05) is 68.1 Å². The van der Waals surface area contributed by atoms with Crippen molar-refractivity contribution < 1.29 is 4.79 Å². The molecule has 0 bridgehead atoms. The fourth-order valence-corrected chi connectivity index (χ4v) is 3.87. The molecule has 3 rings (SSSR count). The number of para-hydroxylation sites is 1. The maximum absolute atomic E-state index is 13.1. The number of rotatable bonds is 8. The molecule has 0 saturated carbocycles. The van der Waals surface area contributed by atoms with Crippen molar-refractivity contribution in [1.29, 1.82) is 0 Å². The molecule has 1 heterocycles. The molecule has 0 unspecified atom stereocenters. The number of fused-ring (bicyclic) bond motifs is 1. The summed E-state index contributed by atoms with van der Waals surface area (Å²) in [5.74, 6) is 0.197. The molecule has 1 amide bonds. The van der Waals surface area contributed by atoms with Crippen LogP contribution in [0.15, 0.2) is 64.5 Å². The van der Waals surface area contributed by atoms with Crippen LogP contribution in [-0.4, -0.2) is 27.3 Å². The van der Waals surface area contributed by atoms with E-state index in [4.69, 9.17) is 0 Å². The topological polar surface area (TPSA) is 64.0 Å². The Morgan fingerprint density at radius 1 is 1.07 bits per heavy atom. The summed E-state index contributed by atoms with van der Waals surface area (Å²) in [7, 11) is 0. The number of hydrogen-bond donors (Lipinski definition) is 1. The summed E-state index contributed by atoms with van der Waals surface area (Å²) in [6.45, 7) is 4.54. The van der Waals surface area contributed by atoms with E-state index >= 15 is 0 Å². The van der Waals surface area contributed by atoms with E-state index in [2.05, 4.69) is 24.1 Å². The van der Waals surface area contributed by atoms with Crippen LogP contribution in [0.4, 0.5) is 0 Å². The first-order valence-electron chi connectivity index (χ1n) is 9.58. The van der Waals surface area contributed by atoms with Gasteiger partial charge in [0.05, 0.1) is 23.2 Å². The minimum atomic E-state index is -0.0858. The molecule has 0 aliphatic carbocycles. The molecule has 0 radical (unpaired) electrons.